The van der Waals surface area contributed by atoms with E-state index in [2.05, 4.69) is 4.98 Å². The second-order valence-electron chi connectivity index (χ2n) is 5.88. The van der Waals surface area contributed by atoms with Crippen molar-refractivity contribution in [2.45, 2.75) is 0 Å². The number of aromatic nitrogens is 1. The first-order valence-corrected chi connectivity index (χ1v) is 7.99. The van der Waals surface area contributed by atoms with Crippen LogP contribution in [-0.4, -0.2) is 21.2 Å². The summed E-state index contributed by atoms with van der Waals surface area (Å²) in [6.07, 6.45) is 0. The summed E-state index contributed by atoms with van der Waals surface area (Å²) in [5.41, 5.74) is 4.10. The molecule has 4 aromatic rings. The van der Waals surface area contributed by atoms with Gasteiger partial charge < -0.3 is 9.52 Å². The molecular formula is C20H13FN2O4. The van der Waals surface area contributed by atoms with Crippen molar-refractivity contribution in [1.29, 1.82) is 0 Å². The van der Waals surface area contributed by atoms with Crippen molar-refractivity contribution in [3.63, 3.8) is 0 Å². The number of phenols is 1. The van der Waals surface area contributed by atoms with E-state index in [-0.39, 0.29) is 22.8 Å². The van der Waals surface area contributed by atoms with E-state index in [1.54, 1.807) is 29.7 Å². The van der Waals surface area contributed by atoms with Crippen LogP contribution < -0.4 is 5.48 Å². The van der Waals surface area contributed by atoms with Crippen LogP contribution in [0.1, 0.15) is 10.4 Å². The molecule has 1 aromatic heterocycles. The maximum Gasteiger partial charge on any atom is 0.274 e. The Bertz CT molecular complexity index is 1150. The summed E-state index contributed by atoms with van der Waals surface area (Å²) in [5.74, 6) is -0.968. The molecule has 0 saturated carbocycles. The molecule has 0 unspecified atom stereocenters. The van der Waals surface area contributed by atoms with Crippen LogP contribution >= 0.6 is 0 Å². The quantitative estimate of drug-likeness (QED) is 0.375. The van der Waals surface area contributed by atoms with Gasteiger partial charge >= 0.3 is 0 Å². The number of nitrogens with one attached hydrogen (secondary N) is 1. The Labute approximate surface area is 152 Å². The van der Waals surface area contributed by atoms with Crippen molar-refractivity contribution in [2.24, 2.45) is 0 Å². The minimum atomic E-state index is -0.675. The Morgan fingerprint density at radius 2 is 1.74 bits per heavy atom. The molecule has 3 N–H and O–H groups in total. The van der Waals surface area contributed by atoms with Gasteiger partial charge in [-0.05, 0) is 53.6 Å². The molecule has 27 heavy (non-hydrogen) atoms. The van der Waals surface area contributed by atoms with E-state index in [9.17, 15) is 14.3 Å². The van der Waals surface area contributed by atoms with E-state index in [0.717, 1.165) is 5.56 Å². The molecule has 0 spiro atoms. The largest absolute Gasteiger partial charge is 0.508 e. The number of rotatable bonds is 3. The van der Waals surface area contributed by atoms with Crippen molar-refractivity contribution in [3.8, 4) is 28.3 Å². The molecule has 4 rings (SSSR count). The summed E-state index contributed by atoms with van der Waals surface area (Å²) < 4.78 is 20.2. The Kier molecular flexibility index (Phi) is 4.06. The van der Waals surface area contributed by atoms with Crippen LogP contribution in [0.15, 0.2) is 65.1 Å². The van der Waals surface area contributed by atoms with Crippen LogP contribution in [0.25, 0.3) is 33.7 Å². The summed E-state index contributed by atoms with van der Waals surface area (Å²) in [5, 5.41) is 18.1. The van der Waals surface area contributed by atoms with Crippen molar-refractivity contribution in [3.05, 3.63) is 72.0 Å². The van der Waals surface area contributed by atoms with Crippen LogP contribution in [0.5, 0.6) is 5.75 Å². The third kappa shape index (κ3) is 3.11. The maximum absolute atomic E-state index is 14.6. The normalized spacial score (nSPS) is 10.9. The highest BCUT2D eigenvalue weighted by molar-refractivity contribution is 5.96. The molecule has 6 nitrogen and oxygen atoms in total. The first-order valence-electron chi connectivity index (χ1n) is 7.99. The maximum atomic E-state index is 14.6. The van der Waals surface area contributed by atoms with Crippen LogP contribution in [0.4, 0.5) is 4.39 Å². The SMILES string of the molecule is O=C(NO)c1ccc2oc(-c3ccc(-c4ccc(O)cc4)cc3F)nc2c1. The molecule has 0 fully saturated rings. The monoisotopic (exact) mass is 364 g/mol. The van der Waals surface area contributed by atoms with Crippen molar-refractivity contribution in [1.82, 2.24) is 10.5 Å². The number of aromatic hydroxyl groups is 1. The van der Waals surface area contributed by atoms with E-state index in [1.807, 2.05) is 0 Å². The van der Waals surface area contributed by atoms with Crippen molar-refractivity contribution < 1.29 is 23.9 Å². The van der Waals surface area contributed by atoms with Crippen LogP contribution in [0, 0.1) is 5.82 Å². The predicted octanol–water partition coefficient (Wildman–Crippen LogP) is 4.13. The molecule has 0 saturated heterocycles. The van der Waals surface area contributed by atoms with Gasteiger partial charge in [0.25, 0.3) is 5.91 Å². The molecule has 1 heterocycles. The molecule has 0 aliphatic carbocycles. The lowest BCUT2D eigenvalue weighted by Gasteiger charge is -2.04. The van der Waals surface area contributed by atoms with E-state index in [1.165, 1.54) is 36.4 Å². The fourth-order valence-corrected chi connectivity index (χ4v) is 2.77. The number of carbonyl (C=O) groups is 1. The number of nitrogens with zero attached hydrogens (tertiary/aromatic N) is 1. The number of oxazole rings is 1. The van der Waals surface area contributed by atoms with Crippen molar-refractivity contribution in [2.75, 3.05) is 0 Å². The number of phenolic OH excluding ortho intramolecular Hbond substituents is 1. The van der Waals surface area contributed by atoms with E-state index in [0.29, 0.717) is 16.7 Å². The lowest BCUT2D eigenvalue weighted by Crippen LogP contribution is -2.18. The zero-order chi connectivity index (χ0) is 19.0. The minimum absolute atomic E-state index is 0.0845. The molecule has 0 atom stereocenters. The summed E-state index contributed by atoms with van der Waals surface area (Å²) in [6, 6.07) is 15.5. The van der Waals surface area contributed by atoms with Gasteiger partial charge in [-0.2, -0.15) is 0 Å². The molecule has 0 radical (unpaired) electrons. The second-order valence-corrected chi connectivity index (χ2v) is 5.88. The van der Waals surface area contributed by atoms with Gasteiger partial charge in [0.2, 0.25) is 5.89 Å². The summed E-state index contributed by atoms with van der Waals surface area (Å²) in [6.45, 7) is 0. The Morgan fingerprint density at radius 1 is 1.00 bits per heavy atom. The number of fused-ring (bicyclic) bond motifs is 1. The number of halogens is 1. The Balaban J connectivity index is 1.72. The Morgan fingerprint density at radius 3 is 2.44 bits per heavy atom. The highest BCUT2D eigenvalue weighted by atomic mass is 19.1. The molecular weight excluding hydrogens is 351 g/mol. The zero-order valence-corrected chi connectivity index (χ0v) is 13.8. The first kappa shape index (κ1) is 16.7. The van der Waals surface area contributed by atoms with Crippen LogP contribution in [0.3, 0.4) is 0 Å². The first-order chi connectivity index (χ1) is 13.0. The van der Waals surface area contributed by atoms with Crippen LogP contribution in [-0.2, 0) is 0 Å². The highest BCUT2D eigenvalue weighted by Crippen LogP contribution is 2.30. The lowest BCUT2D eigenvalue weighted by molar-refractivity contribution is 0.0706. The van der Waals surface area contributed by atoms with Gasteiger partial charge in [-0.25, -0.2) is 14.9 Å². The summed E-state index contributed by atoms with van der Waals surface area (Å²) in [4.78, 5) is 15.7. The van der Waals surface area contributed by atoms with Gasteiger partial charge in [-0.15, -0.1) is 0 Å². The lowest BCUT2D eigenvalue weighted by atomic mass is 10.0. The third-order valence-corrected chi connectivity index (χ3v) is 4.15. The average Bonchev–Trinajstić information content (AvgIpc) is 3.10. The minimum Gasteiger partial charge on any atom is -0.508 e. The Hall–Kier alpha value is -3.71. The number of hydrogen-bond acceptors (Lipinski definition) is 5. The second kappa shape index (κ2) is 6.54. The molecule has 134 valence electrons. The molecule has 0 bridgehead atoms. The summed E-state index contributed by atoms with van der Waals surface area (Å²) >= 11 is 0. The molecule has 1 amide bonds. The van der Waals surface area contributed by atoms with E-state index >= 15 is 0 Å². The number of benzene rings is 3. The molecule has 3 aromatic carbocycles. The fraction of sp³-hybridized carbons (Fsp3) is 0. The van der Waals surface area contributed by atoms with E-state index in [4.69, 9.17) is 9.62 Å². The van der Waals surface area contributed by atoms with Gasteiger partial charge in [0.05, 0.1) is 5.56 Å². The average molecular weight is 364 g/mol. The molecule has 7 heteroatoms. The zero-order valence-electron chi connectivity index (χ0n) is 13.8. The number of hydrogen-bond donors (Lipinski definition) is 3. The predicted molar refractivity (Wildman–Crippen MR) is 95.8 cm³/mol. The van der Waals surface area contributed by atoms with Gasteiger partial charge in [0.15, 0.2) is 5.58 Å². The topological polar surface area (TPSA) is 95.6 Å². The molecule has 0 aliphatic rings. The standard InChI is InChI=1S/C20H13FN2O4/c21-16-9-12(11-1-5-14(24)6-2-11)3-7-15(16)20-22-17-10-13(19(25)23-26)4-8-18(17)27-20/h1-10,24,26H,(H,23,25). The van der Waals surface area contributed by atoms with Gasteiger partial charge in [0, 0.05) is 5.56 Å². The van der Waals surface area contributed by atoms with Gasteiger partial charge in [0.1, 0.15) is 17.1 Å². The van der Waals surface area contributed by atoms with Gasteiger partial charge in [-0.1, -0.05) is 18.2 Å². The highest BCUT2D eigenvalue weighted by Gasteiger charge is 2.15. The summed E-state index contributed by atoms with van der Waals surface area (Å²) in [7, 11) is 0. The fourth-order valence-electron chi connectivity index (χ4n) is 2.77. The van der Waals surface area contributed by atoms with Crippen LogP contribution in [0.2, 0.25) is 0 Å². The third-order valence-electron chi connectivity index (χ3n) is 4.15. The van der Waals surface area contributed by atoms with Gasteiger partial charge in [-0.3, -0.25) is 10.0 Å². The molecule has 0 aliphatic heterocycles. The number of carbonyl (C=O) groups excluding carboxylic acids is 1. The number of amides is 1. The number of hydroxylamine groups is 1. The van der Waals surface area contributed by atoms with Crippen molar-refractivity contribution >= 4 is 17.0 Å². The smallest absolute Gasteiger partial charge is 0.274 e. The van der Waals surface area contributed by atoms with E-state index < -0.39 is 11.7 Å².